The van der Waals surface area contributed by atoms with Crippen LogP contribution in [0.3, 0.4) is 0 Å². The summed E-state index contributed by atoms with van der Waals surface area (Å²) in [6.07, 6.45) is 1.17. The number of hydrogen-bond acceptors (Lipinski definition) is 4. The fourth-order valence-corrected chi connectivity index (χ4v) is 3.67. The first kappa shape index (κ1) is 18.1. The third kappa shape index (κ3) is 4.46. The third-order valence-corrected chi connectivity index (χ3v) is 5.06. The van der Waals surface area contributed by atoms with Gasteiger partial charge in [0.05, 0.1) is 5.56 Å². The van der Waals surface area contributed by atoms with Gasteiger partial charge in [0.25, 0.3) is 5.91 Å². The molecule has 7 heteroatoms. The lowest BCUT2D eigenvalue weighted by Crippen LogP contribution is -2.51. The van der Waals surface area contributed by atoms with E-state index >= 15 is 0 Å². The van der Waals surface area contributed by atoms with E-state index in [-0.39, 0.29) is 17.2 Å². The Morgan fingerprint density at radius 3 is 2.64 bits per heavy atom. The number of alkyl halides is 2. The molecule has 2 saturated heterocycles. The maximum absolute atomic E-state index is 12.7. The van der Waals surface area contributed by atoms with Crippen LogP contribution in [0.5, 0.6) is 5.75 Å². The van der Waals surface area contributed by atoms with Crippen molar-refractivity contribution in [1.29, 1.82) is 0 Å². The first-order valence-corrected chi connectivity index (χ1v) is 8.73. The van der Waals surface area contributed by atoms with Crippen molar-refractivity contribution in [2.75, 3.05) is 45.8 Å². The van der Waals surface area contributed by atoms with Crippen molar-refractivity contribution in [2.24, 2.45) is 5.41 Å². The number of benzene rings is 1. The molecule has 0 bridgehead atoms. The van der Waals surface area contributed by atoms with Crippen LogP contribution < -0.4 is 10.1 Å². The topological polar surface area (TPSA) is 44.8 Å². The van der Waals surface area contributed by atoms with E-state index in [9.17, 15) is 13.6 Å². The number of piperazine rings is 1. The second-order valence-corrected chi connectivity index (χ2v) is 7.18. The van der Waals surface area contributed by atoms with Crippen LogP contribution in [-0.4, -0.2) is 68.1 Å². The normalized spacial score (nSPS) is 24.7. The average Bonchev–Trinajstić information content (AvgIpc) is 3.01. The van der Waals surface area contributed by atoms with E-state index in [0.29, 0.717) is 18.5 Å². The molecule has 0 radical (unpaired) electrons. The van der Waals surface area contributed by atoms with Crippen molar-refractivity contribution < 1.29 is 18.3 Å². The van der Waals surface area contributed by atoms with E-state index in [4.69, 9.17) is 0 Å². The van der Waals surface area contributed by atoms with Gasteiger partial charge in [0.2, 0.25) is 0 Å². The molecular weight excluding hydrogens is 328 g/mol. The molecule has 2 fully saturated rings. The first-order valence-electron chi connectivity index (χ1n) is 8.73. The zero-order valence-electron chi connectivity index (χ0n) is 14.5. The summed E-state index contributed by atoms with van der Waals surface area (Å²) in [5.74, 6) is -0.306. The van der Waals surface area contributed by atoms with Crippen LogP contribution in [0.4, 0.5) is 8.78 Å². The van der Waals surface area contributed by atoms with Crippen LogP contribution in [0.15, 0.2) is 24.3 Å². The van der Waals surface area contributed by atoms with Crippen molar-refractivity contribution in [2.45, 2.75) is 20.0 Å². The molecule has 0 spiro atoms. The summed E-state index contributed by atoms with van der Waals surface area (Å²) in [4.78, 5) is 16.8. The van der Waals surface area contributed by atoms with Crippen molar-refractivity contribution in [3.63, 3.8) is 0 Å². The number of rotatable bonds is 5. The molecule has 1 N–H and O–H groups in total. The molecule has 1 aromatic rings. The molecule has 5 nitrogen and oxygen atoms in total. The number of nitrogens with one attached hydrogen (secondary N) is 1. The Hall–Kier alpha value is -1.73. The second-order valence-electron chi connectivity index (χ2n) is 7.18. The first-order chi connectivity index (χ1) is 12.0. The number of para-hydroxylation sites is 1. The van der Waals surface area contributed by atoms with Gasteiger partial charge in [-0.3, -0.25) is 9.69 Å². The zero-order valence-corrected chi connectivity index (χ0v) is 14.5. The number of amides is 1. The Labute approximate surface area is 146 Å². The van der Waals surface area contributed by atoms with Gasteiger partial charge in [0.15, 0.2) is 0 Å². The number of carbonyl (C=O) groups is 1. The Morgan fingerprint density at radius 2 is 2.00 bits per heavy atom. The minimum atomic E-state index is -2.94. The van der Waals surface area contributed by atoms with Gasteiger partial charge in [-0.25, -0.2) is 0 Å². The average molecular weight is 353 g/mol. The molecule has 2 aliphatic heterocycles. The molecule has 1 aromatic carbocycles. The fraction of sp³-hybridized carbons (Fsp3) is 0.611. The highest BCUT2D eigenvalue weighted by atomic mass is 19.3. The summed E-state index contributed by atoms with van der Waals surface area (Å²) in [6, 6.07) is 6.19. The highest BCUT2D eigenvalue weighted by Gasteiger charge is 2.32. The highest BCUT2D eigenvalue weighted by molar-refractivity contribution is 5.97. The molecule has 2 aliphatic rings. The molecule has 0 aromatic heterocycles. The van der Waals surface area contributed by atoms with E-state index in [1.165, 1.54) is 18.6 Å². The van der Waals surface area contributed by atoms with Crippen molar-refractivity contribution in [1.82, 2.24) is 15.1 Å². The van der Waals surface area contributed by atoms with Gasteiger partial charge in [-0.15, -0.1) is 0 Å². The number of halogens is 2. The van der Waals surface area contributed by atoms with Gasteiger partial charge < -0.3 is 15.0 Å². The smallest absolute Gasteiger partial charge is 0.387 e. The Morgan fingerprint density at radius 1 is 1.28 bits per heavy atom. The lowest BCUT2D eigenvalue weighted by molar-refractivity contribution is -0.0503. The molecule has 138 valence electrons. The molecule has 2 heterocycles. The van der Waals surface area contributed by atoms with Crippen LogP contribution in [0, 0.1) is 5.41 Å². The molecule has 0 aliphatic carbocycles. The van der Waals surface area contributed by atoms with Crippen LogP contribution in [0.25, 0.3) is 0 Å². The summed E-state index contributed by atoms with van der Waals surface area (Å²) >= 11 is 0. The molecular formula is C18H25F2N3O2. The van der Waals surface area contributed by atoms with E-state index in [1.54, 1.807) is 17.0 Å². The predicted molar refractivity (Wildman–Crippen MR) is 91.0 cm³/mol. The summed E-state index contributed by atoms with van der Waals surface area (Å²) in [7, 11) is 0. The summed E-state index contributed by atoms with van der Waals surface area (Å²) in [5.41, 5.74) is 0.493. The number of carbonyl (C=O) groups excluding carboxylic acids is 1. The number of ether oxygens (including phenoxy) is 1. The third-order valence-electron chi connectivity index (χ3n) is 5.06. The van der Waals surface area contributed by atoms with E-state index in [1.807, 2.05) is 0 Å². The second kappa shape index (κ2) is 7.66. The lowest BCUT2D eigenvalue weighted by Gasteiger charge is -2.38. The predicted octanol–water partition coefficient (Wildman–Crippen LogP) is 2.05. The van der Waals surface area contributed by atoms with Gasteiger partial charge in [-0.2, -0.15) is 8.78 Å². The van der Waals surface area contributed by atoms with Crippen molar-refractivity contribution in [3.8, 4) is 5.75 Å². The molecule has 1 amide bonds. The van der Waals surface area contributed by atoms with E-state index in [2.05, 4.69) is 21.9 Å². The largest absolute Gasteiger partial charge is 0.434 e. The standard InChI is InChI=1S/C18H25F2N3O2/c1-18(6-7-21-12-18)13-22-8-10-23(11-9-22)16(24)14-4-2-3-5-15(14)25-17(19)20/h2-5,17,21H,6-13H2,1H3. The van der Waals surface area contributed by atoms with Gasteiger partial charge in [-0.1, -0.05) is 19.1 Å². The Bertz CT molecular complexity index is 598. The maximum atomic E-state index is 12.7. The monoisotopic (exact) mass is 353 g/mol. The van der Waals surface area contributed by atoms with Crippen LogP contribution >= 0.6 is 0 Å². The molecule has 25 heavy (non-hydrogen) atoms. The highest BCUT2D eigenvalue weighted by Crippen LogP contribution is 2.27. The number of hydrogen-bond donors (Lipinski definition) is 1. The van der Waals surface area contributed by atoms with Crippen molar-refractivity contribution >= 4 is 5.91 Å². The molecule has 1 unspecified atom stereocenters. The zero-order chi connectivity index (χ0) is 17.9. The van der Waals surface area contributed by atoms with Crippen LogP contribution in [0.2, 0.25) is 0 Å². The van der Waals surface area contributed by atoms with E-state index < -0.39 is 6.61 Å². The Balaban J connectivity index is 1.58. The summed E-state index contributed by atoms with van der Waals surface area (Å²) in [5, 5.41) is 3.41. The SMILES string of the molecule is CC1(CN2CCN(C(=O)c3ccccc3OC(F)F)CC2)CCNC1. The van der Waals surface area contributed by atoms with Gasteiger partial charge in [-0.05, 0) is 30.5 Å². The Kier molecular flexibility index (Phi) is 5.54. The van der Waals surface area contributed by atoms with Crippen molar-refractivity contribution in [3.05, 3.63) is 29.8 Å². The maximum Gasteiger partial charge on any atom is 0.387 e. The minimum absolute atomic E-state index is 0.0607. The minimum Gasteiger partial charge on any atom is -0.434 e. The summed E-state index contributed by atoms with van der Waals surface area (Å²) < 4.78 is 29.5. The summed E-state index contributed by atoms with van der Waals surface area (Å²) in [6.45, 7) is 5.29. The van der Waals surface area contributed by atoms with Crippen LogP contribution in [0.1, 0.15) is 23.7 Å². The lowest BCUT2D eigenvalue weighted by atomic mass is 9.89. The van der Waals surface area contributed by atoms with Gasteiger partial charge >= 0.3 is 6.61 Å². The number of nitrogens with zero attached hydrogens (tertiary/aromatic N) is 2. The van der Waals surface area contributed by atoms with E-state index in [0.717, 1.165) is 32.7 Å². The van der Waals surface area contributed by atoms with Gasteiger partial charge in [0, 0.05) is 39.3 Å². The molecule has 0 saturated carbocycles. The molecule has 3 rings (SSSR count). The molecule has 1 atom stereocenters. The van der Waals surface area contributed by atoms with Gasteiger partial charge in [0.1, 0.15) is 5.75 Å². The fourth-order valence-electron chi connectivity index (χ4n) is 3.67. The quantitative estimate of drug-likeness (QED) is 0.880. The van der Waals surface area contributed by atoms with Crippen LogP contribution in [-0.2, 0) is 0 Å².